The van der Waals surface area contributed by atoms with Gasteiger partial charge in [-0.05, 0) is 22.9 Å². The highest BCUT2D eigenvalue weighted by Crippen LogP contribution is 2.50. The van der Waals surface area contributed by atoms with Gasteiger partial charge in [0.2, 0.25) is 5.91 Å². The monoisotopic (exact) mass is 420 g/mol. The minimum absolute atomic E-state index is 0.117. The van der Waals surface area contributed by atoms with E-state index in [0.29, 0.717) is 5.13 Å². The van der Waals surface area contributed by atoms with Crippen LogP contribution in [0.4, 0.5) is 5.13 Å². The Morgan fingerprint density at radius 1 is 0.931 bits per heavy atom. The van der Waals surface area contributed by atoms with Crippen molar-refractivity contribution in [1.82, 2.24) is 4.98 Å². The molecule has 0 unspecified atom stereocenters. The number of hydrogen-bond acceptors (Lipinski definition) is 5. The van der Waals surface area contributed by atoms with Crippen LogP contribution in [0.2, 0.25) is 0 Å². The van der Waals surface area contributed by atoms with Crippen LogP contribution in [0.3, 0.4) is 0 Å². The van der Waals surface area contributed by atoms with E-state index in [9.17, 15) is 13.2 Å². The second-order valence-electron chi connectivity index (χ2n) is 6.84. The lowest BCUT2D eigenvalue weighted by Gasteiger charge is -2.05. The normalized spacial score (nSPS) is 12.1. The molecule has 0 radical (unpaired) electrons. The van der Waals surface area contributed by atoms with Crippen molar-refractivity contribution in [2.75, 3.05) is 11.1 Å². The Morgan fingerprint density at radius 2 is 1.66 bits per heavy atom. The molecule has 3 aromatic carbocycles. The molecule has 0 saturated carbocycles. The molecular weight excluding hydrogens is 404 g/mol. The highest BCUT2D eigenvalue weighted by Gasteiger charge is 2.26. The Labute approximate surface area is 172 Å². The Hall–Kier alpha value is -3.03. The highest BCUT2D eigenvalue weighted by atomic mass is 32.2. The maximum absolute atomic E-state index is 12.4. The molecule has 0 fully saturated rings. The van der Waals surface area contributed by atoms with Crippen molar-refractivity contribution >= 4 is 43.0 Å². The lowest BCUT2D eigenvalue weighted by Crippen LogP contribution is -2.17. The molecular formula is C22H16N2O3S2. The molecule has 7 heteroatoms. The molecule has 1 N–H and O–H groups in total. The Bertz CT molecular complexity index is 1300. The van der Waals surface area contributed by atoms with Gasteiger partial charge in [-0.2, -0.15) is 0 Å². The standard InChI is InChI=1S/C22H16N2O3S2/c25-18(12-13-29(26,27)15-8-2-1-3-9-15)23-22-24-20-16-10-4-6-14-7-5-11-17(19(14)16)21(20)28-22/h1-11H,12-13H2,(H,23,24,25). The van der Waals surface area contributed by atoms with Gasteiger partial charge in [-0.1, -0.05) is 65.9 Å². The number of fused-ring (bicyclic) bond motifs is 3. The molecule has 0 atom stereocenters. The smallest absolute Gasteiger partial charge is 0.227 e. The fraction of sp³-hybridized carbons (Fsp3) is 0.0909. The van der Waals surface area contributed by atoms with Gasteiger partial charge in [0.15, 0.2) is 15.0 Å². The lowest BCUT2D eigenvalue weighted by molar-refractivity contribution is -0.115. The largest absolute Gasteiger partial charge is 0.302 e. The summed E-state index contributed by atoms with van der Waals surface area (Å²) in [6.07, 6.45) is -0.117. The fourth-order valence-electron chi connectivity index (χ4n) is 3.62. The highest BCUT2D eigenvalue weighted by molar-refractivity contribution is 7.91. The Morgan fingerprint density at radius 3 is 2.41 bits per heavy atom. The number of amides is 1. The van der Waals surface area contributed by atoms with Gasteiger partial charge in [-0.3, -0.25) is 4.79 Å². The zero-order valence-corrected chi connectivity index (χ0v) is 16.9. The van der Waals surface area contributed by atoms with Crippen molar-refractivity contribution in [2.24, 2.45) is 0 Å². The third kappa shape index (κ3) is 3.12. The first kappa shape index (κ1) is 18.0. The van der Waals surface area contributed by atoms with Crippen LogP contribution >= 0.6 is 11.3 Å². The molecule has 29 heavy (non-hydrogen) atoms. The fourth-order valence-corrected chi connectivity index (χ4v) is 5.91. The van der Waals surface area contributed by atoms with Gasteiger partial charge in [0.1, 0.15) is 0 Å². The zero-order valence-electron chi connectivity index (χ0n) is 15.3. The molecule has 1 aliphatic carbocycles. The number of sulfone groups is 1. The van der Waals surface area contributed by atoms with Gasteiger partial charge < -0.3 is 5.32 Å². The number of nitrogens with one attached hydrogen (secondary N) is 1. The van der Waals surface area contributed by atoms with E-state index in [2.05, 4.69) is 28.5 Å². The van der Waals surface area contributed by atoms with E-state index in [-0.39, 0.29) is 23.0 Å². The predicted molar refractivity (Wildman–Crippen MR) is 116 cm³/mol. The third-order valence-electron chi connectivity index (χ3n) is 4.98. The van der Waals surface area contributed by atoms with Crippen LogP contribution in [0.1, 0.15) is 6.42 Å². The molecule has 5 nitrogen and oxygen atoms in total. The first-order chi connectivity index (χ1) is 14.0. The number of rotatable bonds is 5. The average molecular weight is 421 g/mol. The minimum atomic E-state index is -3.49. The molecule has 4 aromatic rings. The first-order valence-corrected chi connectivity index (χ1v) is 11.6. The van der Waals surface area contributed by atoms with Crippen LogP contribution in [0.25, 0.3) is 32.5 Å². The Balaban J connectivity index is 1.34. The number of hydrogen-bond donors (Lipinski definition) is 1. The van der Waals surface area contributed by atoms with E-state index in [1.54, 1.807) is 18.2 Å². The summed E-state index contributed by atoms with van der Waals surface area (Å²) in [4.78, 5) is 18.2. The number of aromatic nitrogens is 1. The summed E-state index contributed by atoms with van der Waals surface area (Å²) in [7, 11) is -3.49. The lowest BCUT2D eigenvalue weighted by atomic mass is 10.0. The van der Waals surface area contributed by atoms with E-state index >= 15 is 0 Å². The third-order valence-corrected chi connectivity index (χ3v) is 7.71. The predicted octanol–water partition coefficient (Wildman–Crippen LogP) is 4.75. The summed E-state index contributed by atoms with van der Waals surface area (Å²) in [5.41, 5.74) is 3.06. The van der Waals surface area contributed by atoms with Gasteiger partial charge in [0.25, 0.3) is 0 Å². The van der Waals surface area contributed by atoms with E-state index in [1.165, 1.54) is 34.2 Å². The molecule has 1 aromatic heterocycles. The van der Waals surface area contributed by atoms with Gasteiger partial charge in [0, 0.05) is 17.5 Å². The van der Waals surface area contributed by atoms with E-state index in [1.807, 2.05) is 18.2 Å². The number of carbonyl (C=O) groups is 1. The molecule has 1 heterocycles. The molecule has 5 rings (SSSR count). The number of benzene rings is 3. The van der Waals surface area contributed by atoms with Crippen LogP contribution in [0.5, 0.6) is 0 Å². The van der Waals surface area contributed by atoms with Crippen molar-refractivity contribution in [3.8, 4) is 21.7 Å². The number of thiazole rings is 1. The maximum Gasteiger partial charge on any atom is 0.227 e. The number of anilines is 1. The van der Waals surface area contributed by atoms with Crippen molar-refractivity contribution < 1.29 is 13.2 Å². The molecule has 0 aliphatic heterocycles. The van der Waals surface area contributed by atoms with Crippen LogP contribution in [-0.2, 0) is 14.6 Å². The summed E-state index contributed by atoms with van der Waals surface area (Å²) in [5, 5.41) is 5.61. The Kier molecular flexibility index (Phi) is 4.22. The topological polar surface area (TPSA) is 76.1 Å². The van der Waals surface area contributed by atoms with Crippen LogP contribution in [0, 0.1) is 0 Å². The van der Waals surface area contributed by atoms with E-state index in [0.717, 1.165) is 21.7 Å². The van der Waals surface area contributed by atoms with E-state index < -0.39 is 9.84 Å². The molecule has 0 bridgehead atoms. The van der Waals surface area contributed by atoms with Gasteiger partial charge in [-0.25, -0.2) is 13.4 Å². The average Bonchev–Trinajstić information content (AvgIpc) is 3.27. The summed E-state index contributed by atoms with van der Waals surface area (Å²) in [5.74, 6) is -0.598. The quantitative estimate of drug-likeness (QED) is 0.445. The molecule has 0 spiro atoms. The maximum atomic E-state index is 12.4. The molecule has 0 saturated heterocycles. The van der Waals surface area contributed by atoms with Gasteiger partial charge >= 0.3 is 0 Å². The van der Waals surface area contributed by atoms with Crippen molar-refractivity contribution in [2.45, 2.75) is 11.3 Å². The summed E-state index contributed by atoms with van der Waals surface area (Å²) in [6, 6.07) is 20.4. The summed E-state index contributed by atoms with van der Waals surface area (Å²) in [6.45, 7) is 0. The first-order valence-electron chi connectivity index (χ1n) is 9.14. The van der Waals surface area contributed by atoms with Crippen LogP contribution in [0.15, 0.2) is 71.6 Å². The van der Waals surface area contributed by atoms with E-state index in [4.69, 9.17) is 0 Å². The minimum Gasteiger partial charge on any atom is -0.302 e. The summed E-state index contributed by atoms with van der Waals surface area (Å²) < 4.78 is 24.7. The molecule has 144 valence electrons. The van der Waals surface area contributed by atoms with Crippen LogP contribution in [-0.4, -0.2) is 25.1 Å². The summed E-state index contributed by atoms with van der Waals surface area (Å²) >= 11 is 1.42. The van der Waals surface area contributed by atoms with Gasteiger partial charge in [-0.15, -0.1) is 0 Å². The second-order valence-corrected chi connectivity index (χ2v) is 9.94. The van der Waals surface area contributed by atoms with Crippen molar-refractivity contribution in [1.29, 1.82) is 0 Å². The van der Waals surface area contributed by atoms with Crippen LogP contribution < -0.4 is 5.32 Å². The SMILES string of the molecule is O=C(CCS(=O)(=O)c1ccccc1)Nc1nc2c(s1)-c1cccc3cccc-2c13. The second kappa shape index (κ2) is 6.79. The zero-order chi connectivity index (χ0) is 20.0. The van der Waals surface area contributed by atoms with Crippen molar-refractivity contribution in [3.63, 3.8) is 0 Å². The van der Waals surface area contributed by atoms with Crippen molar-refractivity contribution in [3.05, 3.63) is 66.7 Å². The molecule has 1 aliphatic rings. The number of nitrogens with zero attached hydrogens (tertiary/aromatic N) is 1. The number of carbonyl (C=O) groups excluding carboxylic acids is 1. The van der Waals surface area contributed by atoms with Gasteiger partial charge in [0.05, 0.1) is 21.2 Å². The molecule has 1 amide bonds.